The number of rotatable bonds is 10. The van der Waals surface area contributed by atoms with Crippen LogP contribution in [0.3, 0.4) is 0 Å². The van der Waals surface area contributed by atoms with E-state index in [0.29, 0.717) is 33.5 Å². The van der Waals surface area contributed by atoms with E-state index in [1.54, 1.807) is 30.5 Å². The van der Waals surface area contributed by atoms with Crippen LogP contribution >= 0.6 is 23.1 Å². The second-order valence-corrected chi connectivity index (χ2v) is 9.19. The van der Waals surface area contributed by atoms with Crippen LogP contribution in [0.25, 0.3) is 11.4 Å². The third-order valence-corrected chi connectivity index (χ3v) is 7.15. The van der Waals surface area contributed by atoms with E-state index in [1.165, 1.54) is 19.1 Å². The number of anilines is 1. The maximum absolute atomic E-state index is 12.7. The SMILES string of the molecule is CCOC(=O)c1c(NC(=O)CSc2nnc(-c3cccc([N+](=O)[O-])c3)n2CC)sc(C(C)=O)c1C. The van der Waals surface area contributed by atoms with Crippen molar-refractivity contribution in [2.75, 3.05) is 17.7 Å². The van der Waals surface area contributed by atoms with Crippen molar-refractivity contribution in [3.63, 3.8) is 0 Å². The van der Waals surface area contributed by atoms with E-state index in [9.17, 15) is 24.5 Å². The average molecular weight is 518 g/mol. The lowest BCUT2D eigenvalue weighted by atomic mass is 10.1. The molecule has 1 N–H and O–H groups in total. The Balaban J connectivity index is 1.78. The quantitative estimate of drug-likeness (QED) is 0.136. The molecule has 35 heavy (non-hydrogen) atoms. The average Bonchev–Trinajstić information content (AvgIpc) is 3.38. The molecular weight excluding hydrogens is 494 g/mol. The van der Waals surface area contributed by atoms with Crippen molar-refractivity contribution in [1.82, 2.24) is 14.8 Å². The summed E-state index contributed by atoms with van der Waals surface area (Å²) in [5, 5.41) is 22.8. The molecule has 184 valence electrons. The van der Waals surface area contributed by atoms with Crippen LogP contribution in [-0.4, -0.2) is 49.7 Å². The molecule has 0 fully saturated rings. The van der Waals surface area contributed by atoms with E-state index in [4.69, 9.17) is 4.74 Å². The van der Waals surface area contributed by atoms with Crippen LogP contribution in [0.5, 0.6) is 0 Å². The molecular formula is C22H23N5O6S2. The first-order chi connectivity index (χ1) is 16.7. The molecule has 0 atom stereocenters. The van der Waals surface area contributed by atoms with Gasteiger partial charge in [0.15, 0.2) is 16.8 Å². The highest BCUT2D eigenvalue weighted by atomic mass is 32.2. The molecule has 11 nitrogen and oxygen atoms in total. The van der Waals surface area contributed by atoms with Gasteiger partial charge in [-0.1, -0.05) is 23.9 Å². The number of carbonyl (C=O) groups is 3. The predicted molar refractivity (Wildman–Crippen MR) is 132 cm³/mol. The fourth-order valence-corrected chi connectivity index (χ4v) is 5.24. The van der Waals surface area contributed by atoms with Crippen molar-refractivity contribution >= 4 is 51.4 Å². The van der Waals surface area contributed by atoms with Crippen molar-refractivity contribution < 1.29 is 24.0 Å². The number of ether oxygens (including phenoxy) is 1. The lowest BCUT2D eigenvalue weighted by Gasteiger charge is -2.08. The van der Waals surface area contributed by atoms with Gasteiger partial charge in [0, 0.05) is 24.2 Å². The molecule has 0 aliphatic rings. The molecule has 13 heteroatoms. The molecule has 0 aliphatic carbocycles. The van der Waals surface area contributed by atoms with E-state index in [0.717, 1.165) is 23.1 Å². The zero-order valence-electron chi connectivity index (χ0n) is 19.5. The van der Waals surface area contributed by atoms with Gasteiger partial charge in [-0.25, -0.2) is 4.79 Å². The number of thiophene rings is 1. The zero-order valence-corrected chi connectivity index (χ0v) is 21.1. The minimum absolute atomic E-state index is 0.0400. The molecule has 2 aromatic heterocycles. The van der Waals surface area contributed by atoms with E-state index < -0.39 is 16.8 Å². The highest BCUT2D eigenvalue weighted by Gasteiger charge is 2.25. The Morgan fingerprint density at radius 1 is 1.26 bits per heavy atom. The molecule has 1 amide bonds. The number of hydrogen-bond acceptors (Lipinski definition) is 10. The second-order valence-electron chi connectivity index (χ2n) is 7.23. The van der Waals surface area contributed by atoms with Gasteiger partial charge in [0.1, 0.15) is 5.00 Å². The summed E-state index contributed by atoms with van der Waals surface area (Å²) in [5.74, 6) is -0.813. The van der Waals surface area contributed by atoms with Gasteiger partial charge in [-0.3, -0.25) is 19.7 Å². The summed E-state index contributed by atoms with van der Waals surface area (Å²) < 4.78 is 6.84. The van der Waals surface area contributed by atoms with Gasteiger partial charge in [0.25, 0.3) is 5.69 Å². The number of aromatic nitrogens is 3. The summed E-state index contributed by atoms with van der Waals surface area (Å²) >= 11 is 2.16. The Morgan fingerprint density at radius 2 is 2.00 bits per heavy atom. The van der Waals surface area contributed by atoms with Crippen LogP contribution in [-0.2, 0) is 16.1 Å². The van der Waals surface area contributed by atoms with Crippen molar-refractivity contribution in [3.8, 4) is 11.4 Å². The van der Waals surface area contributed by atoms with E-state index in [2.05, 4.69) is 15.5 Å². The summed E-state index contributed by atoms with van der Waals surface area (Å²) in [5.41, 5.74) is 1.12. The number of nitrogens with one attached hydrogen (secondary N) is 1. The van der Waals surface area contributed by atoms with Crippen LogP contribution in [0.4, 0.5) is 10.7 Å². The standard InChI is InChI=1S/C22H23N5O6S2/c1-5-26-19(14-8-7-9-15(10-14)27(31)32)24-25-22(26)34-11-16(29)23-20-17(21(30)33-6-2)12(3)18(35-20)13(4)28/h7-10H,5-6,11H2,1-4H3,(H,23,29). The summed E-state index contributed by atoms with van der Waals surface area (Å²) in [6, 6.07) is 6.08. The number of amides is 1. The third-order valence-electron chi connectivity index (χ3n) is 4.88. The van der Waals surface area contributed by atoms with Gasteiger partial charge in [-0.2, -0.15) is 0 Å². The number of thioether (sulfide) groups is 1. The molecule has 0 aliphatic heterocycles. The molecule has 0 unspecified atom stereocenters. The summed E-state index contributed by atoms with van der Waals surface area (Å²) in [6.45, 7) is 7.22. The molecule has 1 aromatic carbocycles. The maximum Gasteiger partial charge on any atom is 0.341 e. The fraction of sp³-hybridized carbons (Fsp3) is 0.318. The van der Waals surface area contributed by atoms with Crippen molar-refractivity contribution in [2.24, 2.45) is 0 Å². The Kier molecular flexibility index (Phi) is 8.35. The minimum Gasteiger partial charge on any atom is -0.462 e. The van der Waals surface area contributed by atoms with Crippen LogP contribution in [0.2, 0.25) is 0 Å². The number of nitro groups is 1. The topological polar surface area (TPSA) is 146 Å². The number of Topliss-reactive ketones (excluding diaryl/α,β-unsaturated/α-hetero) is 1. The number of non-ortho nitro benzene ring substituents is 1. The molecule has 0 bridgehead atoms. The fourth-order valence-electron chi connectivity index (χ4n) is 3.33. The largest absolute Gasteiger partial charge is 0.462 e. The highest BCUT2D eigenvalue weighted by Crippen LogP contribution is 2.34. The Labute approximate surface area is 209 Å². The molecule has 0 radical (unpaired) electrons. The van der Waals surface area contributed by atoms with Crippen LogP contribution in [0.15, 0.2) is 29.4 Å². The normalized spacial score (nSPS) is 10.7. The number of hydrogen-bond donors (Lipinski definition) is 1. The molecule has 0 saturated carbocycles. The monoisotopic (exact) mass is 517 g/mol. The number of benzene rings is 1. The molecule has 2 heterocycles. The number of ketones is 1. The van der Waals surface area contributed by atoms with Gasteiger partial charge >= 0.3 is 5.97 Å². The second kappa shape index (κ2) is 11.2. The Morgan fingerprint density at radius 3 is 2.63 bits per heavy atom. The van der Waals surface area contributed by atoms with E-state index >= 15 is 0 Å². The Hall–Kier alpha value is -3.58. The number of esters is 1. The maximum atomic E-state index is 12.7. The van der Waals surface area contributed by atoms with E-state index in [-0.39, 0.29) is 34.4 Å². The Bertz CT molecular complexity index is 1300. The van der Waals surface area contributed by atoms with Gasteiger partial charge in [0.2, 0.25) is 5.91 Å². The lowest BCUT2D eigenvalue weighted by molar-refractivity contribution is -0.384. The molecule has 3 aromatic rings. The van der Waals surface area contributed by atoms with Crippen molar-refractivity contribution in [1.29, 1.82) is 0 Å². The number of nitro benzene ring substituents is 1. The van der Waals surface area contributed by atoms with Gasteiger partial charge in [0.05, 0.1) is 27.7 Å². The lowest BCUT2D eigenvalue weighted by Crippen LogP contribution is -2.17. The smallest absolute Gasteiger partial charge is 0.341 e. The molecule has 0 spiro atoms. The van der Waals surface area contributed by atoms with E-state index in [1.807, 2.05) is 6.92 Å². The molecule has 0 saturated heterocycles. The number of carbonyl (C=O) groups excluding carboxylic acids is 3. The first-order valence-corrected chi connectivity index (χ1v) is 12.4. The van der Waals surface area contributed by atoms with Crippen molar-refractivity contribution in [2.45, 2.75) is 39.4 Å². The summed E-state index contributed by atoms with van der Waals surface area (Å²) in [7, 11) is 0. The van der Waals surface area contributed by atoms with Crippen LogP contribution in [0, 0.1) is 17.0 Å². The van der Waals surface area contributed by atoms with Crippen molar-refractivity contribution in [3.05, 3.63) is 50.4 Å². The van der Waals surface area contributed by atoms with Crippen LogP contribution < -0.4 is 5.32 Å². The first-order valence-electron chi connectivity index (χ1n) is 10.6. The summed E-state index contributed by atoms with van der Waals surface area (Å²) in [6.07, 6.45) is 0. The third kappa shape index (κ3) is 5.74. The highest BCUT2D eigenvalue weighted by molar-refractivity contribution is 7.99. The summed E-state index contributed by atoms with van der Waals surface area (Å²) in [4.78, 5) is 48.1. The van der Waals surface area contributed by atoms with Gasteiger partial charge < -0.3 is 14.6 Å². The van der Waals surface area contributed by atoms with Crippen LogP contribution in [0.1, 0.15) is 46.4 Å². The minimum atomic E-state index is -0.607. The number of nitrogens with zero attached hydrogens (tertiary/aromatic N) is 4. The van der Waals surface area contributed by atoms with Gasteiger partial charge in [-0.15, -0.1) is 21.5 Å². The van der Waals surface area contributed by atoms with Gasteiger partial charge in [-0.05, 0) is 33.3 Å². The zero-order chi connectivity index (χ0) is 25.7. The first kappa shape index (κ1) is 26.0. The molecule has 3 rings (SSSR count). The predicted octanol–water partition coefficient (Wildman–Crippen LogP) is 4.35.